The van der Waals surface area contributed by atoms with Crippen molar-refractivity contribution in [2.24, 2.45) is 5.11 Å². The van der Waals surface area contributed by atoms with E-state index in [1.807, 2.05) is 30.3 Å². The molecule has 0 saturated carbocycles. The van der Waals surface area contributed by atoms with Gasteiger partial charge in [0.1, 0.15) is 18.8 Å². The van der Waals surface area contributed by atoms with Crippen molar-refractivity contribution >= 4 is 26.3 Å². The van der Waals surface area contributed by atoms with Crippen LogP contribution in [0.2, 0.25) is 18.1 Å². The molecule has 0 aliphatic carbocycles. The first kappa shape index (κ1) is 33.0. The second-order valence-electron chi connectivity index (χ2n) is 10.8. The zero-order valence-corrected chi connectivity index (χ0v) is 25.1. The molecule has 0 aromatic heterocycles. The molecule has 0 spiro atoms. The summed E-state index contributed by atoms with van der Waals surface area (Å²) in [7, 11) is -2.26. The number of hydrogen-bond donors (Lipinski definition) is 1. The van der Waals surface area contributed by atoms with Gasteiger partial charge < -0.3 is 33.4 Å². The Morgan fingerprint density at radius 2 is 1.70 bits per heavy atom. The minimum Gasteiger partial charge on any atom is -0.458 e. The molecular weight excluding hydrogens is 540 g/mol. The summed E-state index contributed by atoms with van der Waals surface area (Å²) in [5.74, 6) is -1.31. The molecule has 1 aliphatic rings. The van der Waals surface area contributed by atoms with E-state index in [2.05, 4.69) is 49.2 Å². The van der Waals surface area contributed by atoms with Gasteiger partial charge in [-0.15, -0.1) is 0 Å². The van der Waals surface area contributed by atoms with Crippen LogP contribution in [0.5, 0.6) is 0 Å². The summed E-state index contributed by atoms with van der Waals surface area (Å²) in [4.78, 5) is 38.9. The lowest BCUT2D eigenvalue weighted by Gasteiger charge is -2.45. The van der Waals surface area contributed by atoms with Crippen molar-refractivity contribution in [1.29, 1.82) is 0 Å². The highest BCUT2D eigenvalue weighted by atomic mass is 28.4. The minimum atomic E-state index is -2.26. The number of carbonyl (C=O) groups is 3. The van der Waals surface area contributed by atoms with E-state index in [1.54, 1.807) is 0 Å². The van der Waals surface area contributed by atoms with Crippen molar-refractivity contribution in [1.82, 2.24) is 5.32 Å². The van der Waals surface area contributed by atoms with Gasteiger partial charge in [0, 0.05) is 25.3 Å². The molecule has 1 aromatic carbocycles. The van der Waals surface area contributed by atoms with Crippen LogP contribution in [0.3, 0.4) is 0 Å². The lowest BCUT2D eigenvalue weighted by Crippen LogP contribution is -2.62. The number of amides is 1. The molecule has 0 unspecified atom stereocenters. The highest BCUT2D eigenvalue weighted by molar-refractivity contribution is 6.74. The maximum Gasteiger partial charge on any atom is 0.407 e. The molecular formula is C26H40N4O9Si. The number of nitrogens with one attached hydrogen (secondary N) is 1. The van der Waals surface area contributed by atoms with E-state index >= 15 is 0 Å². The van der Waals surface area contributed by atoms with E-state index in [-0.39, 0.29) is 31.4 Å². The molecule has 1 aliphatic heterocycles. The zero-order valence-electron chi connectivity index (χ0n) is 24.1. The van der Waals surface area contributed by atoms with Crippen LogP contribution in [0, 0.1) is 0 Å². The van der Waals surface area contributed by atoms with Crippen LogP contribution >= 0.6 is 0 Å². The third-order valence-electron chi connectivity index (χ3n) is 6.68. The van der Waals surface area contributed by atoms with Crippen molar-refractivity contribution in [3.8, 4) is 0 Å². The number of ether oxygens (including phenoxy) is 5. The van der Waals surface area contributed by atoms with Crippen LogP contribution in [-0.4, -0.2) is 76.8 Å². The molecule has 1 amide bonds. The fraction of sp³-hybridized carbons (Fsp3) is 0.654. The van der Waals surface area contributed by atoms with E-state index < -0.39 is 57.0 Å². The highest BCUT2D eigenvalue weighted by Crippen LogP contribution is 2.38. The van der Waals surface area contributed by atoms with Crippen LogP contribution < -0.4 is 5.32 Å². The average Bonchev–Trinajstić information content (AvgIpc) is 2.87. The van der Waals surface area contributed by atoms with Gasteiger partial charge in [-0.1, -0.05) is 56.2 Å². The van der Waals surface area contributed by atoms with Crippen molar-refractivity contribution < 1.29 is 42.5 Å². The van der Waals surface area contributed by atoms with Gasteiger partial charge in [-0.25, -0.2) is 4.79 Å². The van der Waals surface area contributed by atoms with Crippen molar-refractivity contribution in [2.75, 3.05) is 19.8 Å². The first-order valence-electron chi connectivity index (χ1n) is 13.0. The van der Waals surface area contributed by atoms with Crippen molar-refractivity contribution in [3.63, 3.8) is 0 Å². The highest BCUT2D eigenvalue weighted by Gasteiger charge is 2.51. The van der Waals surface area contributed by atoms with E-state index in [0.717, 1.165) is 5.56 Å². The molecule has 0 bridgehead atoms. The smallest absolute Gasteiger partial charge is 0.407 e. The number of hydrogen-bond acceptors (Lipinski definition) is 10. The SMILES string of the molecule is CC(=O)O[C@@H]1[C@H](N=[N+]=[N-])[C@@H](OCCNC(=O)OCc2ccccc2)O[C@H](CO[Si](C)(C)C(C)(C)C)[C@H]1OC(C)=O. The molecule has 1 saturated heterocycles. The number of esters is 2. The number of rotatable bonds is 12. The molecule has 2 rings (SSSR count). The predicted molar refractivity (Wildman–Crippen MR) is 146 cm³/mol. The lowest BCUT2D eigenvalue weighted by atomic mass is 9.97. The molecule has 14 heteroatoms. The second-order valence-corrected chi connectivity index (χ2v) is 15.6. The Hall–Kier alpha value is -3.16. The van der Waals surface area contributed by atoms with Gasteiger partial charge >= 0.3 is 18.0 Å². The number of carbonyl (C=O) groups excluding carboxylic acids is 3. The summed E-state index contributed by atoms with van der Waals surface area (Å²) in [5, 5.41) is 6.19. The summed E-state index contributed by atoms with van der Waals surface area (Å²) in [6.45, 7) is 12.9. The summed E-state index contributed by atoms with van der Waals surface area (Å²) < 4.78 is 34.4. The van der Waals surface area contributed by atoms with Gasteiger partial charge in [0.2, 0.25) is 0 Å². The number of benzene rings is 1. The fourth-order valence-corrected chi connectivity index (χ4v) is 4.63. The Morgan fingerprint density at radius 3 is 2.27 bits per heavy atom. The molecule has 1 aromatic rings. The monoisotopic (exact) mass is 580 g/mol. The Morgan fingerprint density at radius 1 is 1.07 bits per heavy atom. The molecule has 1 fully saturated rings. The fourth-order valence-electron chi connectivity index (χ4n) is 3.62. The Labute approximate surface area is 235 Å². The summed E-state index contributed by atoms with van der Waals surface area (Å²) >= 11 is 0. The molecule has 1 N–H and O–H groups in total. The quantitative estimate of drug-likeness (QED) is 0.0724. The minimum absolute atomic E-state index is 0.0130. The summed E-state index contributed by atoms with van der Waals surface area (Å²) in [6.07, 6.45) is -5.05. The standard InChI is InChI=1S/C26H40N4O9Si/c1-17(31)37-22-20(16-36-40(6,7)26(3,4)5)39-24(21(29-30-27)23(22)38-18(2)32)34-14-13-28-25(33)35-15-19-11-9-8-10-12-19/h8-12,20-24H,13-16H2,1-7H3,(H,28,33)/t20-,21+,22-,23-,24+/m1/s1. The maximum absolute atomic E-state index is 12.1. The van der Waals surface area contributed by atoms with Crippen LogP contribution in [0.1, 0.15) is 40.2 Å². The molecule has 0 radical (unpaired) electrons. The average molecular weight is 581 g/mol. The molecule has 13 nitrogen and oxygen atoms in total. The number of azide groups is 1. The summed E-state index contributed by atoms with van der Waals surface area (Å²) in [5.41, 5.74) is 10.1. The van der Waals surface area contributed by atoms with Gasteiger partial charge in [-0.2, -0.15) is 0 Å². The third kappa shape index (κ3) is 10.1. The van der Waals surface area contributed by atoms with Crippen LogP contribution in [0.15, 0.2) is 35.4 Å². The van der Waals surface area contributed by atoms with Crippen molar-refractivity contribution in [2.45, 2.75) is 90.0 Å². The third-order valence-corrected chi connectivity index (χ3v) is 11.2. The first-order valence-corrected chi connectivity index (χ1v) is 15.9. The summed E-state index contributed by atoms with van der Waals surface area (Å²) in [6, 6.07) is 8.03. The number of alkyl carbamates (subject to hydrolysis) is 1. The van der Waals surface area contributed by atoms with Crippen molar-refractivity contribution in [3.05, 3.63) is 46.3 Å². The molecule has 40 heavy (non-hydrogen) atoms. The largest absolute Gasteiger partial charge is 0.458 e. The zero-order chi connectivity index (χ0) is 29.9. The van der Waals surface area contributed by atoms with Gasteiger partial charge in [-0.05, 0) is 29.2 Å². The van der Waals surface area contributed by atoms with E-state index in [1.165, 1.54) is 13.8 Å². The van der Waals surface area contributed by atoms with E-state index in [9.17, 15) is 19.9 Å². The van der Waals surface area contributed by atoms with Gasteiger partial charge in [-0.3, -0.25) is 9.59 Å². The van der Waals surface area contributed by atoms with Crippen LogP contribution in [0.25, 0.3) is 10.4 Å². The normalized spacial score (nSPS) is 22.9. The van der Waals surface area contributed by atoms with E-state index in [0.29, 0.717) is 0 Å². The number of nitrogens with zero attached hydrogens (tertiary/aromatic N) is 3. The van der Waals surface area contributed by atoms with Crippen LogP contribution in [0.4, 0.5) is 4.79 Å². The van der Waals surface area contributed by atoms with Crippen LogP contribution in [-0.2, 0) is 44.3 Å². The maximum atomic E-state index is 12.1. The molecule has 222 valence electrons. The Kier molecular flexibility index (Phi) is 12.4. The van der Waals surface area contributed by atoms with E-state index in [4.69, 9.17) is 28.1 Å². The van der Waals surface area contributed by atoms with Gasteiger partial charge in [0.25, 0.3) is 0 Å². The Bertz CT molecular complexity index is 1040. The Balaban J connectivity index is 2.14. The van der Waals surface area contributed by atoms with Gasteiger partial charge in [0.15, 0.2) is 26.8 Å². The predicted octanol–water partition coefficient (Wildman–Crippen LogP) is 4.22. The second kappa shape index (κ2) is 15.0. The molecule has 1 heterocycles. The topological polar surface area (TPSA) is 167 Å². The lowest BCUT2D eigenvalue weighted by molar-refractivity contribution is -0.271. The van der Waals surface area contributed by atoms with Gasteiger partial charge in [0.05, 0.1) is 13.2 Å². The first-order chi connectivity index (χ1) is 18.7. The molecule has 5 atom stereocenters.